The summed E-state index contributed by atoms with van der Waals surface area (Å²) in [5.74, 6) is 3.78. The second-order valence-corrected chi connectivity index (χ2v) is 6.46. The van der Waals surface area contributed by atoms with Crippen molar-refractivity contribution in [1.29, 1.82) is 0 Å². The van der Waals surface area contributed by atoms with Gasteiger partial charge in [0.2, 0.25) is 0 Å². The highest BCUT2D eigenvalue weighted by molar-refractivity contribution is 5.43. The smallest absolute Gasteiger partial charge is 0.161 e. The zero-order chi connectivity index (χ0) is 13.4. The molecule has 0 spiro atoms. The first-order valence-corrected chi connectivity index (χ1v) is 8.00. The molecule has 1 aromatic rings. The number of benzene rings is 1. The quantitative estimate of drug-likeness (QED) is 0.915. The third-order valence-electron chi connectivity index (χ3n) is 5.16. The fraction of sp³-hybridized carbons (Fsp3) is 0.647. The van der Waals surface area contributed by atoms with Crippen LogP contribution >= 0.6 is 0 Å². The van der Waals surface area contributed by atoms with Gasteiger partial charge in [-0.05, 0) is 61.8 Å². The van der Waals surface area contributed by atoms with Crippen LogP contribution in [0.15, 0.2) is 18.2 Å². The standard InChI is InChI=1S/C17H23NO2/c1-3-14-9-13(1)10-15(14)18-6-5-12-2-4-16-17(11-12)20-8-7-19-16/h2,4,11,13-15,18H,1,3,5-10H2. The molecule has 1 aliphatic heterocycles. The van der Waals surface area contributed by atoms with E-state index in [4.69, 9.17) is 9.47 Å². The molecular formula is C17H23NO2. The highest BCUT2D eigenvalue weighted by Crippen LogP contribution is 2.44. The minimum Gasteiger partial charge on any atom is -0.486 e. The van der Waals surface area contributed by atoms with Crippen molar-refractivity contribution in [3.8, 4) is 11.5 Å². The lowest BCUT2D eigenvalue weighted by Gasteiger charge is -2.23. The van der Waals surface area contributed by atoms with Gasteiger partial charge in [-0.15, -0.1) is 0 Å². The normalized spacial score (nSPS) is 30.7. The molecule has 3 aliphatic rings. The molecule has 3 atom stereocenters. The zero-order valence-corrected chi connectivity index (χ0v) is 11.9. The van der Waals surface area contributed by atoms with Gasteiger partial charge in [-0.3, -0.25) is 0 Å². The van der Waals surface area contributed by atoms with Crippen molar-refractivity contribution in [3.05, 3.63) is 23.8 Å². The lowest BCUT2D eigenvalue weighted by molar-refractivity contribution is 0.171. The lowest BCUT2D eigenvalue weighted by Crippen LogP contribution is -2.35. The molecule has 2 bridgehead atoms. The van der Waals surface area contributed by atoms with Gasteiger partial charge in [-0.1, -0.05) is 12.5 Å². The van der Waals surface area contributed by atoms with Gasteiger partial charge in [0.25, 0.3) is 0 Å². The molecule has 20 heavy (non-hydrogen) atoms. The van der Waals surface area contributed by atoms with Crippen LogP contribution in [-0.4, -0.2) is 25.8 Å². The van der Waals surface area contributed by atoms with Crippen LogP contribution in [0, 0.1) is 11.8 Å². The molecule has 1 N–H and O–H groups in total. The van der Waals surface area contributed by atoms with Gasteiger partial charge in [0.1, 0.15) is 13.2 Å². The lowest BCUT2D eigenvalue weighted by atomic mass is 9.95. The van der Waals surface area contributed by atoms with Crippen molar-refractivity contribution >= 4 is 0 Å². The molecule has 1 aromatic carbocycles. The van der Waals surface area contributed by atoms with E-state index in [0.29, 0.717) is 13.2 Å². The predicted molar refractivity (Wildman–Crippen MR) is 78.4 cm³/mol. The maximum absolute atomic E-state index is 5.64. The number of hydrogen-bond donors (Lipinski definition) is 1. The topological polar surface area (TPSA) is 30.5 Å². The van der Waals surface area contributed by atoms with Crippen LogP contribution in [-0.2, 0) is 6.42 Å². The SMILES string of the molecule is c1cc2c(cc1CCNC1CC3CCC1C3)OCCO2. The van der Waals surface area contributed by atoms with Gasteiger partial charge in [-0.25, -0.2) is 0 Å². The highest BCUT2D eigenvalue weighted by atomic mass is 16.6. The van der Waals surface area contributed by atoms with Crippen LogP contribution in [0.2, 0.25) is 0 Å². The fourth-order valence-corrected chi connectivity index (χ4v) is 4.14. The number of fused-ring (bicyclic) bond motifs is 3. The molecule has 0 aromatic heterocycles. The Hall–Kier alpha value is -1.22. The summed E-state index contributed by atoms with van der Waals surface area (Å²) < 4.78 is 11.2. The van der Waals surface area contributed by atoms with E-state index in [9.17, 15) is 0 Å². The molecule has 1 heterocycles. The van der Waals surface area contributed by atoms with Crippen molar-refractivity contribution in [3.63, 3.8) is 0 Å². The van der Waals surface area contributed by atoms with Gasteiger partial charge in [0.15, 0.2) is 11.5 Å². The Kier molecular flexibility index (Phi) is 3.31. The summed E-state index contributed by atoms with van der Waals surface area (Å²) in [5, 5.41) is 3.77. The summed E-state index contributed by atoms with van der Waals surface area (Å²) in [6, 6.07) is 7.12. The van der Waals surface area contributed by atoms with E-state index in [2.05, 4.69) is 17.4 Å². The average Bonchev–Trinajstić information content (AvgIpc) is 3.10. The van der Waals surface area contributed by atoms with Crippen LogP contribution in [0.3, 0.4) is 0 Å². The first-order chi connectivity index (χ1) is 9.88. The average molecular weight is 273 g/mol. The third kappa shape index (κ3) is 2.39. The summed E-state index contributed by atoms with van der Waals surface area (Å²) >= 11 is 0. The van der Waals surface area contributed by atoms with Gasteiger partial charge in [-0.2, -0.15) is 0 Å². The minimum atomic E-state index is 0.665. The number of ether oxygens (including phenoxy) is 2. The Bertz CT molecular complexity index is 488. The van der Waals surface area contributed by atoms with Crippen molar-refractivity contribution < 1.29 is 9.47 Å². The summed E-state index contributed by atoms with van der Waals surface area (Å²) in [6.45, 7) is 2.41. The van der Waals surface area contributed by atoms with E-state index in [-0.39, 0.29) is 0 Å². The Morgan fingerprint density at radius 3 is 2.75 bits per heavy atom. The fourth-order valence-electron chi connectivity index (χ4n) is 4.14. The van der Waals surface area contributed by atoms with E-state index in [0.717, 1.165) is 42.3 Å². The van der Waals surface area contributed by atoms with Gasteiger partial charge >= 0.3 is 0 Å². The molecule has 2 aliphatic carbocycles. The molecule has 0 amide bonds. The zero-order valence-electron chi connectivity index (χ0n) is 11.9. The second kappa shape index (κ2) is 5.28. The van der Waals surface area contributed by atoms with E-state index in [1.165, 1.54) is 31.2 Å². The second-order valence-electron chi connectivity index (χ2n) is 6.46. The molecule has 4 rings (SSSR count). The van der Waals surface area contributed by atoms with E-state index in [1.54, 1.807) is 0 Å². The molecule has 3 heteroatoms. The van der Waals surface area contributed by atoms with Crippen LogP contribution in [0.1, 0.15) is 31.2 Å². The van der Waals surface area contributed by atoms with Crippen LogP contribution in [0.25, 0.3) is 0 Å². The van der Waals surface area contributed by atoms with Crippen molar-refractivity contribution in [1.82, 2.24) is 5.32 Å². The van der Waals surface area contributed by atoms with Crippen LogP contribution in [0.4, 0.5) is 0 Å². The summed E-state index contributed by atoms with van der Waals surface area (Å²) in [7, 11) is 0. The molecule has 2 saturated carbocycles. The first-order valence-electron chi connectivity index (χ1n) is 8.00. The summed E-state index contributed by atoms with van der Waals surface area (Å²) in [4.78, 5) is 0. The molecule has 2 fully saturated rings. The molecule has 0 radical (unpaired) electrons. The van der Waals surface area contributed by atoms with Gasteiger partial charge in [0, 0.05) is 6.04 Å². The molecule has 108 valence electrons. The maximum Gasteiger partial charge on any atom is 0.161 e. The number of rotatable bonds is 4. The van der Waals surface area contributed by atoms with Gasteiger partial charge in [0.05, 0.1) is 0 Å². The Morgan fingerprint density at radius 1 is 1.05 bits per heavy atom. The minimum absolute atomic E-state index is 0.665. The molecular weight excluding hydrogens is 250 g/mol. The molecule has 3 unspecified atom stereocenters. The third-order valence-corrected chi connectivity index (χ3v) is 5.16. The van der Waals surface area contributed by atoms with Crippen LogP contribution in [0.5, 0.6) is 11.5 Å². The maximum atomic E-state index is 5.64. The van der Waals surface area contributed by atoms with E-state index < -0.39 is 0 Å². The number of hydrogen-bond acceptors (Lipinski definition) is 3. The van der Waals surface area contributed by atoms with Crippen molar-refractivity contribution in [2.45, 2.75) is 38.1 Å². The highest BCUT2D eigenvalue weighted by Gasteiger charge is 2.38. The largest absolute Gasteiger partial charge is 0.486 e. The first kappa shape index (κ1) is 12.5. The molecule has 0 saturated heterocycles. The summed E-state index contributed by atoms with van der Waals surface area (Å²) in [6.07, 6.45) is 6.88. The Balaban J connectivity index is 1.31. The van der Waals surface area contributed by atoms with Crippen molar-refractivity contribution in [2.75, 3.05) is 19.8 Å². The Morgan fingerprint density at radius 2 is 1.95 bits per heavy atom. The van der Waals surface area contributed by atoms with Gasteiger partial charge < -0.3 is 14.8 Å². The predicted octanol–water partition coefficient (Wildman–Crippen LogP) is 2.78. The number of nitrogens with one attached hydrogen (secondary N) is 1. The monoisotopic (exact) mass is 273 g/mol. The Labute approximate surface area is 120 Å². The van der Waals surface area contributed by atoms with E-state index in [1.807, 2.05) is 6.07 Å². The molecule has 3 nitrogen and oxygen atoms in total. The van der Waals surface area contributed by atoms with Crippen LogP contribution < -0.4 is 14.8 Å². The summed E-state index contributed by atoms with van der Waals surface area (Å²) in [5.41, 5.74) is 1.34. The van der Waals surface area contributed by atoms with Crippen molar-refractivity contribution in [2.24, 2.45) is 11.8 Å². The van der Waals surface area contributed by atoms with E-state index >= 15 is 0 Å².